The molecule has 0 unspecified atom stereocenters. The number of morpholine rings is 1. The van der Waals surface area contributed by atoms with Gasteiger partial charge in [0.05, 0.1) is 35.4 Å². The normalized spacial score (nSPS) is 15.6. The summed E-state index contributed by atoms with van der Waals surface area (Å²) < 4.78 is 39.2. The molecule has 1 N–H and O–H groups in total. The lowest BCUT2D eigenvalue weighted by Crippen LogP contribution is -2.35. The number of nitrogens with one attached hydrogen (secondary N) is 1. The van der Waals surface area contributed by atoms with Crippen molar-refractivity contribution in [3.05, 3.63) is 48.0 Å². The molecule has 0 amide bonds. The van der Waals surface area contributed by atoms with Gasteiger partial charge < -0.3 is 9.47 Å². The van der Waals surface area contributed by atoms with Crippen LogP contribution in [0.25, 0.3) is 10.2 Å². The molecule has 28 heavy (non-hydrogen) atoms. The van der Waals surface area contributed by atoms with Crippen molar-refractivity contribution in [3.8, 4) is 5.75 Å². The molecule has 7 nitrogen and oxygen atoms in total. The second kappa shape index (κ2) is 8.04. The Morgan fingerprint density at radius 3 is 2.64 bits per heavy atom. The van der Waals surface area contributed by atoms with Crippen molar-refractivity contribution < 1.29 is 17.9 Å². The summed E-state index contributed by atoms with van der Waals surface area (Å²) >= 11 is 1.33. The van der Waals surface area contributed by atoms with Gasteiger partial charge in [0.2, 0.25) is 0 Å². The van der Waals surface area contributed by atoms with E-state index in [1.165, 1.54) is 36.1 Å². The van der Waals surface area contributed by atoms with Gasteiger partial charge in [-0.3, -0.25) is 9.62 Å². The lowest BCUT2D eigenvalue weighted by atomic mass is 10.2. The van der Waals surface area contributed by atoms with Gasteiger partial charge in [-0.2, -0.15) is 0 Å². The van der Waals surface area contributed by atoms with E-state index in [0.29, 0.717) is 10.9 Å². The molecule has 0 bridgehead atoms. The summed E-state index contributed by atoms with van der Waals surface area (Å²) in [6, 6.07) is 12.3. The Morgan fingerprint density at radius 2 is 1.93 bits per heavy atom. The lowest BCUT2D eigenvalue weighted by Gasteiger charge is -2.26. The molecule has 0 radical (unpaired) electrons. The van der Waals surface area contributed by atoms with E-state index < -0.39 is 10.0 Å². The Hall–Kier alpha value is -2.20. The van der Waals surface area contributed by atoms with E-state index in [2.05, 4.69) is 20.7 Å². The first-order chi connectivity index (χ1) is 13.5. The third-order valence-electron chi connectivity index (χ3n) is 4.55. The van der Waals surface area contributed by atoms with E-state index >= 15 is 0 Å². The Balaban J connectivity index is 1.52. The molecule has 0 spiro atoms. The maximum absolute atomic E-state index is 12.6. The van der Waals surface area contributed by atoms with Crippen molar-refractivity contribution in [2.75, 3.05) is 38.1 Å². The summed E-state index contributed by atoms with van der Waals surface area (Å²) in [5.74, 6) is 0.603. The fraction of sp³-hybridized carbons (Fsp3) is 0.316. The van der Waals surface area contributed by atoms with Crippen molar-refractivity contribution >= 4 is 36.7 Å². The molecule has 1 aliphatic heterocycles. The van der Waals surface area contributed by atoms with E-state index in [4.69, 9.17) is 9.47 Å². The van der Waals surface area contributed by atoms with E-state index in [-0.39, 0.29) is 4.90 Å². The number of benzene rings is 2. The topological polar surface area (TPSA) is 80.8 Å². The van der Waals surface area contributed by atoms with Crippen LogP contribution in [0.4, 0.5) is 5.13 Å². The van der Waals surface area contributed by atoms with Crippen LogP contribution in [0.2, 0.25) is 0 Å². The molecule has 0 saturated carbocycles. The van der Waals surface area contributed by atoms with Gasteiger partial charge in [-0.25, -0.2) is 13.4 Å². The first-order valence-corrected chi connectivity index (χ1v) is 11.2. The Bertz CT molecular complexity index is 1060. The van der Waals surface area contributed by atoms with Crippen molar-refractivity contribution in [3.63, 3.8) is 0 Å². The van der Waals surface area contributed by atoms with Crippen LogP contribution in [0.15, 0.2) is 47.4 Å². The van der Waals surface area contributed by atoms with Crippen LogP contribution in [0.5, 0.6) is 5.75 Å². The van der Waals surface area contributed by atoms with Gasteiger partial charge in [-0.1, -0.05) is 17.4 Å². The zero-order chi connectivity index (χ0) is 19.6. The maximum Gasteiger partial charge on any atom is 0.263 e. The second-order valence-electron chi connectivity index (χ2n) is 6.49. The van der Waals surface area contributed by atoms with Gasteiger partial charge in [-0.15, -0.1) is 0 Å². The molecule has 3 aromatic rings. The summed E-state index contributed by atoms with van der Waals surface area (Å²) in [6.07, 6.45) is 0. The highest BCUT2D eigenvalue weighted by molar-refractivity contribution is 7.93. The minimum absolute atomic E-state index is 0.167. The third-order valence-corrected chi connectivity index (χ3v) is 6.97. The molecule has 4 rings (SSSR count). The number of hydrogen-bond donors (Lipinski definition) is 1. The number of aromatic nitrogens is 1. The highest BCUT2D eigenvalue weighted by Crippen LogP contribution is 2.29. The summed E-state index contributed by atoms with van der Waals surface area (Å²) in [5.41, 5.74) is 1.96. The Morgan fingerprint density at radius 1 is 1.18 bits per heavy atom. The van der Waals surface area contributed by atoms with Gasteiger partial charge in [0.1, 0.15) is 5.75 Å². The molecule has 1 aliphatic rings. The van der Waals surface area contributed by atoms with Gasteiger partial charge >= 0.3 is 0 Å². The van der Waals surface area contributed by atoms with Crippen LogP contribution in [0.3, 0.4) is 0 Å². The number of anilines is 1. The van der Waals surface area contributed by atoms with E-state index in [9.17, 15) is 8.42 Å². The number of thiazole rings is 1. The fourth-order valence-corrected chi connectivity index (χ4v) is 5.22. The van der Waals surface area contributed by atoms with Crippen molar-refractivity contribution in [2.45, 2.75) is 11.4 Å². The molecule has 1 fully saturated rings. The lowest BCUT2D eigenvalue weighted by molar-refractivity contribution is 0.0342. The second-order valence-corrected chi connectivity index (χ2v) is 9.20. The van der Waals surface area contributed by atoms with Crippen LogP contribution in [-0.2, 0) is 21.3 Å². The quantitative estimate of drug-likeness (QED) is 0.662. The SMILES string of the molecule is COc1ccc(S(=O)(=O)Nc2nc3ccc(CN4CCOCC4)cc3s2)cc1. The monoisotopic (exact) mass is 419 g/mol. The average Bonchev–Trinajstić information content (AvgIpc) is 3.09. The molecule has 2 aromatic carbocycles. The minimum Gasteiger partial charge on any atom is -0.497 e. The molecule has 2 heterocycles. The number of fused-ring (bicyclic) bond motifs is 1. The molecular formula is C19H21N3O4S2. The zero-order valence-corrected chi connectivity index (χ0v) is 17.1. The highest BCUT2D eigenvalue weighted by atomic mass is 32.2. The molecular weight excluding hydrogens is 398 g/mol. The van der Waals surface area contributed by atoms with Gasteiger partial charge in [0.15, 0.2) is 5.13 Å². The summed E-state index contributed by atoms with van der Waals surface area (Å²) in [4.78, 5) is 6.93. The first-order valence-electron chi connectivity index (χ1n) is 8.90. The van der Waals surface area contributed by atoms with Crippen LogP contribution < -0.4 is 9.46 Å². The minimum atomic E-state index is -3.70. The molecule has 9 heteroatoms. The van der Waals surface area contributed by atoms with E-state index in [1.807, 2.05) is 12.1 Å². The predicted molar refractivity (Wildman–Crippen MR) is 110 cm³/mol. The number of ether oxygens (including phenoxy) is 2. The zero-order valence-electron chi connectivity index (χ0n) is 15.4. The number of methoxy groups -OCH3 is 1. The number of nitrogens with zero attached hydrogens (tertiary/aromatic N) is 2. The fourth-order valence-electron chi connectivity index (χ4n) is 3.06. The number of rotatable bonds is 6. The molecule has 0 aliphatic carbocycles. The predicted octanol–water partition coefficient (Wildman–Crippen LogP) is 2.94. The van der Waals surface area contributed by atoms with Crippen LogP contribution in [-0.4, -0.2) is 51.7 Å². The first kappa shape index (κ1) is 19.1. The maximum atomic E-state index is 12.6. The molecule has 1 aromatic heterocycles. The number of sulfonamides is 1. The number of hydrogen-bond acceptors (Lipinski definition) is 7. The largest absolute Gasteiger partial charge is 0.497 e. The Labute approximate surface area is 168 Å². The summed E-state index contributed by atoms with van der Waals surface area (Å²) in [6.45, 7) is 4.23. The van der Waals surface area contributed by atoms with Gasteiger partial charge in [0, 0.05) is 19.6 Å². The van der Waals surface area contributed by atoms with Crippen LogP contribution >= 0.6 is 11.3 Å². The summed E-state index contributed by atoms with van der Waals surface area (Å²) in [7, 11) is -2.16. The van der Waals surface area contributed by atoms with Crippen molar-refractivity contribution in [1.82, 2.24) is 9.88 Å². The van der Waals surface area contributed by atoms with Crippen molar-refractivity contribution in [1.29, 1.82) is 0 Å². The van der Waals surface area contributed by atoms with E-state index in [1.54, 1.807) is 12.1 Å². The standard InChI is InChI=1S/C19H21N3O4S2/c1-25-15-3-5-16(6-4-15)28(23,24)21-19-20-17-7-2-14(12-18(17)27-19)13-22-8-10-26-11-9-22/h2-7,12H,8-11,13H2,1H3,(H,20,21). The van der Waals surface area contributed by atoms with E-state index in [0.717, 1.165) is 43.1 Å². The molecule has 1 saturated heterocycles. The highest BCUT2D eigenvalue weighted by Gasteiger charge is 2.17. The molecule has 0 atom stereocenters. The summed E-state index contributed by atoms with van der Waals surface area (Å²) in [5, 5.41) is 0.356. The van der Waals surface area contributed by atoms with Gasteiger partial charge in [-0.05, 0) is 42.0 Å². The Kier molecular flexibility index (Phi) is 5.49. The third kappa shape index (κ3) is 4.27. The van der Waals surface area contributed by atoms with Gasteiger partial charge in [0.25, 0.3) is 10.0 Å². The van der Waals surface area contributed by atoms with Crippen LogP contribution in [0, 0.1) is 0 Å². The van der Waals surface area contributed by atoms with Crippen molar-refractivity contribution in [2.24, 2.45) is 0 Å². The van der Waals surface area contributed by atoms with Crippen LogP contribution in [0.1, 0.15) is 5.56 Å². The smallest absolute Gasteiger partial charge is 0.263 e. The average molecular weight is 420 g/mol. The molecule has 148 valence electrons.